The lowest BCUT2D eigenvalue weighted by Crippen LogP contribution is -2.26. The minimum Gasteiger partial charge on any atom is -0.330 e. The predicted octanol–water partition coefficient (Wildman–Crippen LogP) is 2.28. The van der Waals surface area contributed by atoms with Crippen molar-refractivity contribution in [2.24, 2.45) is 5.73 Å². The fourth-order valence-corrected chi connectivity index (χ4v) is 2.67. The van der Waals surface area contributed by atoms with Crippen LogP contribution in [0.5, 0.6) is 0 Å². The van der Waals surface area contributed by atoms with Crippen molar-refractivity contribution in [1.29, 1.82) is 0 Å². The Labute approximate surface area is 112 Å². The van der Waals surface area contributed by atoms with E-state index in [9.17, 15) is 0 Å². The standard InChI is InChI=1S/C14H19N3S/c1-11-14(18-10-17-11)9-16-8-13(7-15)12-5-3-2-4-6-12/h2-6,10,13,16H,7-9,15H2,1H3. The van der Waals surface area contributed by atoms with Crippen LogP contribution in [0.2, 0.25) is 0 Å². The van der Waals surface area contributed by atoms with E-state index in [1.165, 1.54) is 10.4 Å². The first-order valence-corrected chi connectivity index (χ1v) is 7.04. The zero-order chi connectivity index (χ0) is 12.8. The third kappa shape index (κ3) is 3.38. The van der Waals surface area contributed by atoms with Gasteiger partial charge in [0, 0.05) is 30.4 Å². The normalized spacial score (nSPS) is 12.6. The summed E-state index contributed by atoms with van der Waals surface area (Å²) in [6.45, 7) is 4.49. The number of nitrogens with two attached hydrogens (primary N) is 1. The fraction of sp³-hybridized carbons (Fsp3) is 0.357. The molecule has 0 bridgehead atoms. The van der Waals surface area contributed by atoms with Crippen LogP contribution in [0.15, 0.2) is 35.8 Å². The van der Waals surface area contributed by atoms with E-state index in [4.69, 9.17) is 5.73 Å². The van der Waals surface area contributed by atoms with Gasteiger partial charge in [0.05, 0.1) is 11.2 Å². The second-order valence-corrected chi connectivity index (χ2v) is 5.27. The lowest BCUT2D eigenvalue weighted by Gasteiger charge is -2.15. The molecule has 0 aliphatic carbocycles. The molecule has 1 atom stereocenters. The number of nitrogens with one attached hydrogen (secondary N) is 1. The van der Waals surface area contributed by atoms with Crippen molar-refractivity contribution in [3.05, 3.63) is 52.0 Å². The highest BCUT2D eigenvalue weighted by molar-refractivity contribution is 7.09. The molecule has 2 rings (SSSR count). The molecule has 0 amide bonds. The van der Waals surface area contributed by atoms with Crippen LogP contribution >= 0.6 is 11.3 Å². The molecule has 0 spiro atoms. The maximum Gasteiger partial charge on any atom is 0.0798 e. The Hall–Kier alpha value is -1.23. The molecular weight excluding hydrogens is 242 g/mol. The molecule has 96 valence electrons. The van der Waals surface area contributed by atoms with E-state index in [0.717, 1.165) is 18.8 Å². The predicted molar refractivity (Wildman–Crippen MR) is 76.8 cm³/mol. The number of thiazole rings is 1. The summed E-state index contributed by atoms with van der Waals surface area (Å²) in [5, 5.41) is 3.47. The first kappa shape index (κ1) is 13.2. The number of aromatic nitrogens is 1. The van der Waals surface area contributed by atoms with Crippen LogP contribution in [-0.2, 0) is 6.54 Å². The number of hydrogen-bond donors (Lipinski definition) is 2. The SMILES string of the molecule is Cc1ncsc1CNCC(CN)c1ccccc1. The molecule has 4 heteroatoms. The third-order valence-electron chi connectivity index (χ3n) is 3.08. The van der Waals surface area contributed by atoms with Gasteiger partial charge in [-0.15, -0.1) is 11.3 Å². The summed E-state index contributed by atoms with van der Waals surface area (Å²) in [4.78, 5) is 5.55. The Kier molecular flexibility index (Phi) is 4.87. The molecule has 3 nitrogen and oxygen atoms in total. The monoisotopic (exact) mass is 261 g/mol. The van der Waals surface area contributed by atoms with Gasteiger partial charge in [0.15, 0.2) is 0 Å². The van der Waals surface area contributed by atoms with Gasteiger partial charge in [0.1, 0.15) is 0 Å². The van der Waals surface area contributed by atoms with Gasteiger partial charge in [-0.3, -0.25) is 0 Å². The fourth-order valence-electron chi connectivity index (χ4n) is 1.92. The van der Waals surface area contributed by atoms with E-state index in [0.29, 0.717) is 12.5 Å². The van der Waals surface area contributed by atoms with E-state index in [1.54, 1.807) is 11.3 Å². The van der Waals surface area contributed by atoms with Gasteiger partial charge in [0.25, 0.3) is 0 Å². The molecule has 0 saturated heterocycles. The summed E-state index contributed by atoms with van der Waals surface area (Å²) in [5.41, 5.74) is 10.2. The molecular formula is C14H19N3S. The summed E-state index contributed by atoms with van der Waals surface area (Å²) in [7, 11) is 0. The van der Waals surface area contributed by atoms with Crippen molar-refractivity contribution in [1.82, 2.24) is 10.3 Å². The minimum absolute atomic E-state index is 0.374. The molecule has 0 aliphatic heterocycles. The average molecular weight is 261 g/mol. The van der Waals surface area contributed by atoms with E-state index < -0.39 is 0 Å². The molecule has 3 N–H and O–H groups in total. The van der Waals surface area contributed by atoms with Gasteiger partial charge >= 0.3 is 0 Å². The minimum atomic E-state index is 0.374. The van der Waals surface area contributed by atoms with Gasteiger partial charge in [-0.05, 0) is 12.5 Å². The number of hydrogen-bond acceptors (Lipinski definition) is 4. The van der Waals surface area contributed by atoms with E-state index >= 15 is 0 Å². The van der Waals surface area contributed by atoms with Crippen molar-refractivity contribution in [3.8, 4) is 0 Å². The zero-order valence-corrected chi connectivity index (χ0v) is 11.4. The quantitative estimate of drug-likeness (QED) is 0.839. The Balaban J connectivity index is 1.87. The van der Waals surface area contributed by atoms with Crippen molar-refractivity contribution in [2.75, 3.05) is 13.1 Å². The maximum atomic E-state index is 5.84. The van der Waals surface area contributed by atoms with E-state index in [2.05, 4.69) is 34.6 Å². The molecule has 1 aromatic carbocycles. The first-order chi connectivity index (χ1) is 8.81. The van der Waals surface area contributed by atoms with Gasteiger partial charge < -0.3 is 11.1 Å². The molecule has 18 heavy (non-hydrogen) atoms. The van der Waals surface area contributed by atoms with Crippen molar-refractivity contribution >= 4 is 11.3 Å². The van der Waals surface area contributed by atoms with Crippen molar-refractivity contribution in [3.63, 3.8) is 0 Å². The van der Waals surface area contributed by atoms with Crippen LogP contribution < -0.4 is 11.1 Å². The van der Waals surface area contributed by atoms with Crippen molar-refractivity contribution < 1.29 is 0 Å². The smallest absolute Gasteiger partial charge is 0.0798 e. The number of rotatable bonds is 6. The highest BCUT2D eigenvalue weighted by atomic mass is 32.1. The Morgan fingerprint density at radius 1 is 1.33 bits per heavy atom. The highest BCUT2D eigenvalue weighted by Crippen LogP contribution is 2.15. The Morgan fingerprint density at radius 2 is 2.11 bits per heavy atom. The molecule has 0 aliphatic rings. The van der Waals surface area contributed by atoms with Crippen LogP contribution in [0.4, 0.5) is 0 Å². The van der Waals surface area contributed by atoms with Crippen LogP contribution in [0.25, 0.3) is 0 Å². The molecule has 1 unspecified atom stereocenters. The second-order valence-electron chi connectivity index (χ2n) is 4.34. The van der Waals surface area contributed by atoms with Crippen molar-refractivity contribution in [2.45, 2.75) is 19.4 Å². The lowest BCUT2D eigenvalue weighted by molar-refractivity contribution is 0.590. The van der Waals surface area contributed by atoms with Crippen LogP contribution in [0, 0.1) is 6.92 Å². The zero-order valence-electron chi connectivity index (χ0n) is 10.6. The van der Waals surface area contributed by atoms with E-state index in [-0.39, 0.29) is 0 Å². The summed E-state index contributed by atoms with van der Waals surface area (Å²) in [6.07, 6.45) is 0. The Morgan fingerprint density at radius 3 is 2.72 bits per heavy atom. The van der Waals surface area contributed by atoms with Crippen LogP contribution in [0.1, 0.15) is 22.1 Å². The summed E-state index contributed by atoms with van der Waals surface area (Å²) >= 11 is 1.70. The summed E-state index contributed by atoms with van der Waals surface area (Å²) in [6, 6.07) is 10.4. The third-order valence-corrected chi connectivity index (χ3v) is 4.01. The molecule has 0 radical (unpaired) electrons. The molecule has 0 fully saturated rings. The van der Waals surface area contributed by atoms with Gasteiger partial charge in [0.2, 0.25) is 0 Å². The second kappa shape index (κ2) is 6.64. The van der Waals surface area contributed by atoms with Crippen LogP contribution in [0.3, 0.4) is 0 Å². The average Bonchev–Trinajstić information content (AvgIpc) is 2.81. The topological polar surface area (TPSA) is 50.9 Å². The summed E-state index contributed by atoms with van der Waals surface area (Å²) in [5.74, 6) is 0.374. The Bertz CT molecular complexity index is 467. The maximum absolute atomic E-state index is 5.84. The van der Waals surface area contributed by atoms with Gasteiger partial charge in [-0.1, -0.05) is 30.3 Å². The largest absolute Gasteiger partial charge is 0.330 e. The number of benzene rings is 1. The highest BCUT2D eigenvalue weighted by Gasteiger charge is 2.09. The number of aryl methyl sites for hydroxylation is 1. The van der Waals surface area contributed by atoms with E-state index in [1.807, 2.05) is 18.5 Å². The van der Waals surface area contributed by atoms with Gasteiger partial charge in [-0.2, -0.15) is 0 Å². The molecule has 1 aromatic heterocycles. The molecule has 0 saturated carbocycles. The van der Waals surface area contributed by atoms with Gasteiger partial charge in [-0.25, -0.2) is 4.98 Å². The summed E-state index contributed by atoms with van der Waals surface area (Å²) < 4.78 is 0. The van der Waals surface area contributed by atoms with Crippen LogP contribution in [-0.4, -0.2) is 18.1 Å². The first-order valence-electron chi connectivity index (χ1n) is 6.16. The molecule has 1 heterocycles. The number of nitrogens with zero attached hydrogens (tertiary/aromatic N) is 1. The molecule has 2 aromatic rings. The lowest BCUT2D eigenvalue weighted by atomic mass is 9.99.